The van der Waals surface area contributed by atoms with Crippen LogP contribution in [0.2, 0.25) is 0 Å². The number of hydrogen-bond donors (Lipinski definition) is 2. The lowest BCUT2D eigenvalue weighted by molar-refractivity contribution is -0.125. The van der Waals surface area contributed by atoms with E-state index >= 15 is 0 Å². The molecular formula is C19H24N4O2. The molecule has 0 saturated carbocycles. The smallest absolute Gasteiger partial charge is 0.246 e. The zero-order valence-corrected chi connectivity index (χ0v) is 14.7. The van der Waals surface area contributed by atoms with Crippen molar-refractivity contribution in [3.8, 4) is 0 Å². The molecule has 2 aromatic rings. The minimum atomic E-state index is -0.586. The van der Waals surface area contributed by atoms with Crippen molar-refractivity contribution in [1.29, 1.82) is 0 Å². The Morgan fingerprint density at radius 3 is 2.72 bits per heavy atom. The van der Waals surface area contributed by atoms with Crippen molar-refractivity contribution in [1.82, 2.24) is 10.3 Å². The van der Waals surface area contributed by atoms with E-state index in [0.717, 1.165) is 29.7 Å². The average Bonchev–Trinajstić information content (AvgIpc) is 3.16. The van der Waals surface area contributed by atoms with Crippen LogP contribution in [0.15, 0.2) is 30.5 Å². The third-order valence-electron chi connectivity index (χ3n) is 4.54. The van der Waals surface area contributed by atoms with Gasteiger partial charge in [0.1, 0.15) is 6.04 Å². The van der Waals surface area contributed by atoms with Gasteiger partial charge in [0.05, 0.1) is 16.9 Å². The number of nitrogens with zero attached hydrogens (tertiary/aromatic N) is 2. The van der Waals surface area contributed by atoms with E-state index in [1.165, 1.54) is 12.8 Å². The molecule has 1 aromatic heterocycles. The van der Waals surface area contributed by atoms with Gasteiger partial charge in [0, 0.05) is 31.1 Å². The van der Waals surface area contributed by atoms with Gasteiger partial charge in [0.15, 0.2) is 0 Å². The number of fused-ring (bicyclic) bond motifs is 1. The number of rotatable bonds is 5. The fourth-order valence-corrected chi connectivity index (χ4v) is 3.13. The summed E-state index contributed by atoms with van der Waals surface area (Å²) in [4.78, 5) is 30.7. The van der Waals surface area contributed by atoms with Gasteiger partial charge in [-0.1, -0.05) is 6.92 Å². The molecule has 25 heavy (non-hydrogen) atoms. The Morgan fingerprint density at radius 1 is 1.24 bits per heavy atom. The Balaban J connectivity index is 1.86. The third-order valence-corrected chi connectivity index (χ3v) is 4.54. The number of carbonyl (C=O) groups is 2. The van der Waals surface area contributed by atoms with E-state index in [9.17, 15) is 9.59 Å². The van der Waals surface area contributed by atoms with Crippen molar-refractivity contribution in [2.24, 2.45) is 0 Å². The van der Waals surface area contributed by atoms with Gasteiger partial charge in [-0.3, -0.25) is 14.6 Å². The van der Waals surface area contributed by atoms with Crippen LogP contribution in [0.3, 0.4) is 0 Å². The molecule has 132 valence electrons. The molecule has 6 nitrogen and oxygen atoms in total. The second-order valence-corrected chi connectivity index (χ2v) is 6.36. The predicted octanol–water partition coefficient (Wildman–Crippen LogP) is 2.69. The number of carbonyl (C=O) groups excluding carboxylic acids is 2. The van der Waals surface area contributed by atoms with E-state index in [-0.39, 0.29) is 11.8 Å². The van der Waals surface area contributed by atoms with Gasteiger partial charge in [0.25, 0.3) is 0 Å². The molecule has 0 spiro atoms. The van der Waals surface area contributed by atoms with Crippen molar-refractivity contribution in [3.63, 3.8) is 0 Å². The minimum Gasteiger partial charge on any atom is -0.370 e. The zero-order valence-electron chi connectivity index (χ0n) is 14.7. The molecular weight excluding hydrogens is 316 g/mol. The van der Waals surface area contributed by atoms with Crippen LogP contribution >= 0.6 is 0 Å². The SMILES string of the molecule is CCC(=O)NC(C)C(=O)Nc1ccc(N2CCCC2)c2ncccc12. The highest BCUT2D eigenvalue weighted by Gasteiger charge is 2.19. The second kappa shape index (κ2) is 7.51. The van der Waals surface area contributed by atoms with Crippen LogP contribution in [0, 0.1) is 0 Å². The molecule has 0 radical (unpaired) electrons. The Bertz CT molecular complexity index is 784. The van der Waals surface area contributed by atoms with E-state index < -0.39 is 6.04 Å². The van der Waals surface area contributed by atoms with Crippen LogP contribution in [-0.4, -0.2) is 35.9 Å². The number of amides is 2. The molecule has 1 saturated heterocycles. The van der Waals surface area contributed by atoms with E-state index in [1.54, 1.807) is 20.0 Å². The topological polar surface area (TPSA) is 74.3 Å². The predicted molar refractivity (Wildman–Crippen MR) is 99.7 cm³/mol. The molecule has 1 fully saturated rings. The fraction of sp³-hybridized carbons (Fsp3) is 0.421. The minimum absolute atomic E-state index is 0.140. The number of nitrogens with one attached hydrogen (secondary N) is 2. The normalized spacial score (nSPS) is 15.2. The average molecular weight is 340 g/mol. The lowest BCUT2D eigenvalue weighted by atomic mass is 10.1. The van der Waals surface area contributed by atoms with Crippen LogP contribution in [0.1, 0.15) is 33.1 Å². The molecule has 1 aromatic carbocycles. The summed E-state index contributed by atoms with van der Waals surface area (Å²) >= 11 is 0. The lowest BCUT2D eigenvalue weighted by Gasteiger charge is -2.21. The number of anilines is 2. The molecule has 2 heterocycles. The van der Waals surface area contributed by atoms with Crippen LogP contribution in [0.4, 0.5) is 11.4 Å². The zero-order chi connectivity index (χ0) is 17.8. The lowest BCUT2D eigenvalue weighted by Crippen LogP contribution is -2.41. The number of benzene rings is 1. The van der Waals surface area contributed by atoms with E-state index in [4.69, 9.17) is 0 Å². The van der Waals surface area contributed by atoms with Gasteiger partial charge in [-0.05, 0) is 44.0 Å². The monoisotopic (exact) mass is 340 g/mol. The summed E-state index contributed by atoms with van der Waals surface area (Å²) in [6.45, 7) is 5.52. The number of hydrogen-bond acceptors (Lipinski definition) is 4. The van der Waals surface area contributed by atoms with Crippen molar-refractivity contribution in [3.05, 3.63) is 30.5 Å². The molecule has 1 atom stereocenters. The van der Waals surface area contributed by atoms with Crippen LogP contribution in [0.25, 0.3) is 10.9 Å². The molecule has 1 unspecified atom stereocenters. The molecule has 2 amide bonds. The Kier molecular flexibility index (Phi) is 5.16. The van der Waals surface area contributed by atoms with Crippen LogP contribution in [0.5, 0.6) is 0 Å². The molecule has 2 N–H and O–H groups in total. The van der Waals surface area contributed by atoms with Crippen molar-refractivity contribution >= 4 is 34.1 Å². The highest BCUT2D eigenvalue weighted by molar-refractivity contribution is 6.06. The Hall–Kier alpha value is -2.63. The fourth-order valence-electron chi connectivity index (χ4n) is 3.13. The van der Waals surface area contributed by atoms with Gasteiger partial charge >= 0.3 is 0 Å². The summed E-state index contributed by atoms with van der Waals surface area (Å²) in [5.41, 5.74) is 2.72. The van der Waals surface area contributed by atoms with E-state index in [0.29, 0.717) is 12.1 Å². The maximum absolute atomic E-state index is 12.4. The molecule has 6 heteroatoms. The van der Waals surface area contributed by atoms with Gasteiger partial charge in [-0.25, -0.2) is 0 Å². The van der Waals surface area contributed by atoms with Crippen molar-refractivity contribution < 1.29 is 9.59 Å². The maximum atomic E-state index is 12.4. The summed E-state index contributed by atoms with van der Waals surface area (Å²) in [5, 5.41) is 6.51. The summed E-state index contributed by atoms with van der Waals surface area (Å²) < 4.78 is 0. The quantitative estimate of drug-likeness (QED) is 0.877. The van der Waals surface area contributed by atoms with Gasteiger partial charge in [-0.2, -0.15) is 0 Å². The molecule has 0 aliphatic carbocycles. The Morgan fingerprint density at radius 2 is 2.00 bits per heavy atom. The van der Waals surface area contributed by atoms with Crippen LogP contribution in [-0.2, 0) is 9.59 Å². The van der Waals surface area contributed by atoms with Gasteiger partial charge in [-0.15, -0.1) is 0 Å². The summed E-state index contributed by atoms with van der Waals surface area (Å²) in [5.74, 6) is -0.376. The van der Waals surface area contributed by atoms with Crippen molar-refractivity contribution in [2.45, 2.75) is 39.2 Å². The van der Waals surface area contributed by atoms with Crippen LogP contribution < -0.4 is 15.5 Å². The largest absolute Gasteiger partial charge is 0.370 e. The summed E-state index contributed by atoms with van der Waals surface area (Å²) in [6, 6.07) is 7.19. The summed E-state index contributed by atoms with van der Waals surface area (Å²) in [6.07, 6.45) is 4.52. The molecule has 0 bridgehead atoms. The first-order valence-electron chi connectivity index (χ1n) is 8.83. The van der Waals surface area contributed by atoms with Crippen molar-refractivity contribution in [2.75, 3.05) is 23.3 Å². The first-order valence-corrected chi connectivity index (χ1v) is 8.83. The molecule has 1 aliphatic heterocycles. The van der Waals surface area contributed by atoms with E-state index in [2.05, 4.69) is 20.5 Å². The standard InChI is InChI=1S/C19H24N4O2/c1-3-17(24)21-13(2)19(25)22-15-8-9-16(23-11-4-5-12-23)18-14(15)7-6-10-20-18/h6-10,13H,3-5,11-12H2,1-2H3,(H,21,24)(H,22,25). The molecule has 1 aliphatic rings. The highest BCUT2D eigenvalue weighted by atomic mass is 16.2. The third kappa shape index (κ3) is 3.73. The van der Waals surface area contributed by atoms with E-state index in [1.807, 2.05) is 24.3 Å². The molecule has 3 rings (SSSR count). The maximum Gasteiger partial charge on any atom is 0.246 e. The van der Waals surface area contributed by atoms with Gasteiger partial charge in [0.2, 0.25) is 11.8 Å². The number of aromatic nitrogens is 1. The highest BCUT2D eigenvalue weighted by Crippen LogP contribution is 2.32. The first-order chi connectivity index (χ1) is 12.1. The first kappa shape index (κ1) is 17.2. The Labute approximate surface area is 147 Å². The summed E-state index contributed by atoms with van der Waals surface area (Å²) in [7, 11) is 0. The second-order valence-electron chi connectivity index (χ2n) is 6.36. The number of pyridine rings is 1. The van der Waals surface area contributed by atoms with Gasteiger partial charge < -0.3 is 15.5 Å².